The van der Waals surface area contributed by atoms with Crippen molar-refractivity contribution in [2.24, 2.45) is 5.73 Å². The van der Waals surface area contributed by atoms with Crippen LogP contribution in [0.25, 0.3) is 0 Å². The fourth-order valence-electron chi connectivity index (χ4n) is 2.36. The molecule has 1 aliphatic carbocycles. The second-order valence-electron chi connectivity index (χ2n) is 4.37. The highest BCUT2D eigenvalue weighted by Gasteiger charge is 2.36. The van der Waals surface area contributed by atoms with Crippen LogP contribution in [0.3, 0.4) is 0 Å². The van der Waals surface area contributed by atoms with Crippen molar-refractivity contribution in [3.8, 4) is 0 Å². The van der Waals surface area contributed by atoms with Crippen molar-refractivity contribution in [2.75, 3.05) is 20.1 Å². The summed E-state index contributed by atoms with van der Waals surface area (Å²) >= 11 is 0. The lowest BCUT2D eigenvalue weighted by Crippen LogP contribution is -2.52. The first-order valence-electron chi connectivity index (χ1n) is 5.20. The van der Waals surface area contributed by atoms with Gasteiger partial charge in [-0.05, 0) is 26.8 Å². The van der Waals surface area contributed by atoms with Crippen LogP contribution < -0.4 is 5.73 Å². The van der Waals surface area contributed by atoms with Gasteiger partial charge in [0.2, 0.25) is 0 Å². The maximum Gasteiger partial charge on any atom is 0.0639 e. The van der Waals surface area contributed by atoms with Gasteiger partial charge in [0.25, 0.3) is 0 Å². The molecule has 1 saturated carbocycles. The summed E-state index contributed by atoms with van der Waals surface area (Å²) < 4.78 is 0. The van der Waals surface area contributed by atoms with Gasteiger partial charge in [-0.25, -0.2) is 0 Å². The molecule has 0 heterocycles. The maximum absolute atomic E-state index is 9.31. The lowest BCUT2D eigenvalue weighted by atomic mass is 9.95. The third-order valence-electron chi connectivity index (χ3n) is 3.26. The first-order chi connectivity index (χ1) is 6.10. The molecule has 0 amide bonds. The van der Waals surface area contributed by atoms with E-state index in [2.05, 4.69) is 11.9 Å². The van der Waals surface area contributed by atoms with Crippen LogP contribution in [0, 0.1) is 0 Å². The first kappa shape index (κ1) is 11.0. The van der Waals surface area contributed by atoms with Crippen LogP contribution in [0.15, 0.2) is 0 Å². The monoisotopic (exact) mass is 186 g/mol. The second-order valence-corrected chi connectivity index (χ2v) is 4.37. The third-order valence-corrected chi connectivity index (χ3v) is 3.26. The van der Waals surface area contributed by atoms with Gasteiger partial charge in [-0.1, -0.05) is 12.8 Å². The normalized spacial score (nSPS) is 23.8. The smallest absolute Gasteiger partial charge is 0.0639 e. The Labute approximate surface area is 80.9 Å². The van der Waals surface area contributed by atoms with Crippen molar-refractivity contribution in [1.29, 1.82) is 0 Å². The summed E-state index contributed by atoms with van der Waals surface area (Å²) in [7, 11) is 2.07. The fourth-order valence-corrected chi connectivity index (χ4v) is 2.36. The molecule has 1 atom stereocenters. The number of β-amino-alcohol motifs (C(OH)–C–C–N with tert-alkyl or cyclic N) is 1. The van der Waals surface area contributed by atoms with E-state index in [1.54, 1.807) is 0 Å². The predicted molar refractivity (Wildman–Crippen MR) is 54.6 cm³/mol. The van der Waals surface area contributed by atoms with E-state index in [1.807, 2.05) is 6.92 Å². The van der Waals surface area contributed by atoms with Gasteiger partial charge in [-0.3, -0.25) is 4.90 Å². The van der Waals surface area contributed by atoms with Crippen LogP contribution >= 0.6 is 0 Å². The molecule has 0 bridgehead atoms. The zero-order valence-electron chi connectivity index (χ0n) is 8.79. The molecule has 1 aliphatic rings. The van der Waals surface area contributed by atoms with Crippen LogP contribution in [-0.4, -0.2) is 41.8 Å². The summed E-state index contributed by atoms with van der Waals surface area (Å²) in [4.78, 5) is 2.24. The molecule has 3 heteroatoms. The fraction of sp³-hybridized carbons (Fsp3) is 1.00. The van der Waals surface area contributed by atoms with Crippen LogP contribution in [0.4, 0.5) is 0 Å². The minimum absolute atomic E-state index is 0.178. The molecule has 0 aliphatic heterocycles. The van der Waals surface area contributed by atoms with Crippen molar-refractivity contribution in [2.45, 2.75) is 44.2 Å². The van der Waals surface area contributed by atoms with E-state index in [9.17, 15) is 5.11 Å². The molecule has 1 unspecified atom stereocenters. The summed E-state index contributed by atoms with van der Waals surface area (Å²) in [6.45, 7) is 3.28. The molecular weight excluding hydrogens is 164 g/mol. The maximum atomic E-state index is 9.31. The van der Waals surface area contributed by atoms with Gasteiger partial charge in [0, 0.05) is 18.6 Å². The summed E-state index contributed by atoms with van der Waals surface area (Å²) in [5.41, 5.74) is 6.00. The van der Waals surface area contributed by atoms with Gasteiger partial charge in [0.15, 0.2) is 0 Å². The highest BCUT2D eigenvalue weighted by atomic mass is 16.3. The van der Waals surface area contributed by atoms with Gasteiger partial charge in [-0.2, -0.15) is 0 Å². The number of hydrogen-bond donors (Lipinski definition) is 2. The van der Waals surface area contributed by atoms with Gasteiger partial charge >= 0.3 is 0 Å². The molecule has 13 heavy (non-hydrogen) atoms. The lowest BCUT2D eigenvalue weighted by molar-refractivity contribution is 0.0682. The number of aliphatic hydroxyl groups excluding tert-OH is 1. The minimum atomic E-state index is -0.256. The van der Waals surface area contributed by atoms with Crippen LogP contribution in [0.1, 0.15) is 32.6 Å². The zero-order chi connectivity index (χ0) is 9.90. The summed E-state index contributed by atoms with van der Waals surface area (Å²) in [5.74, 6) is 0. The Morgan fingerprint density at radius 1 is 1.46 bits per heavy atom. The van der Waals surface area contributed by atoms with Crippen molar-refractivity contribution in [3.05, 3.63) is 0 Å². The Balaban J connectivity index is 2.54. The van der Waals surface area contributed by atoms with Crippen molar-refractivity contribution < 1.29 is 5.11 Å². The SMILES string of the molecule is CC(O)CN(C)C1(CN)CCCC1. The molecule has 3 N–H and O–H groups in total. The van der Waals surface area contributed by atoms with E-state index in [4.69, 9.17) is 5.73 Å². The van der Waals surface area contributed by atoms with E-state index in [1.165, 1.54) is 25.7 Å². The second kappa shape index (κ2) is 4.40. The molecule has 0 spiro atoms. The number of likely N-dealkylation sites (N-methyl/N-ethyl adjacent to an activating group) is 1. The number of nitrogens with two attached hydrogens (primary N) is 1. The number of hydrogen-bond acceptors (Lipinski definition) is 3. The summed E-state index contributed by atoms with van der Waals surface area (Å²) in [6.07, 6.45) is 4.68. The van der Waals surface area contributed by atoms with Crippen molar-refractivity contribution in [1.82, 2.24) is 4.90 Å². The Kier molecular flexibility index (Phi) is 3.71. The molecule has 1 fully saturated rings. The van der Waals surface area contributed by atoms with Gasteiger partial charge in [0.1, 0.15) is 0 Å². The molecule has 0 aromatic heterocycles. The molecule has 3 nitrogen and oxygen atoms in total. The summed E-state index contributed by atoms with van der Waals surface area (Å²) in [5, 5.41) is 9.31. The van der Waals surface area contributed by atoms with E-state index >= 15 is 0 Å². The van der Waals surface area contributed by atoms with Crippen LogP contribution in [0.5, 0.6) is 0 Å². The standard InChI is InChI=1S/C10H22N2O/c1-9(13)7-12(2)10(8-11)5-3-4-6-10/h9,13H,3-8,11H2,1-2H3. The van der Waals surface area contributed by atoms with Crippen LogP contribution in [0.2, 0.25) is 0 Å². The van der Waals surface area contributed by atoms with Gasteiger partial charge in [-0.15, -0.1) is 0 Å². The summed E-state index contributed by atoms with van der Waals surface area (Å²) in [6, 6.07) is 0. The van der Waals surface area contributed by atoms with E-state index in [0.29, 0.717) is 0 Å². The number of rotatable bonds is 4. The van der Waals surface area contributed by atoms with E-state index in [0.717, 1.165) is 13.1 Å². The molecule has 0 aromatic rings. The Bertz CT molecular complexity index is 153. The van der Waals surface area contributed by atoms with E-state index < -0.39 is 0 Å². The minimum Gasteiger partial charge on any atom is -0.392 e. The Morgan fingerprint density at radius 3 is 2.38 bits per heavy atom. The number of nitrogens with zero attached hydrogens (tertiary/aromatic N) is 1. The lowest BCUT2D eigenvalue weighted by Gasteiger charge is -2.38. The first-order valence-corrected chi connectivity index (χ1v) is 5.20. The number of aliphatic hydroxyl groups is 1. The Hall–Kier alpha value is -0.120. The van der Waals surface area contributed by atoms with Crippen molar-refractivity contribution >= 4 is 0 Å². The average Bonchev–Trinajstić information content (AvgIpc) is 2.51. The molecule has 0 radical (unpaired) electrons. The van der Waals surface area contributed by atoms with Gasteiger partial charge < -0.3 is 10.8 Å². The molecule has 0 saturated heterocycles. The van der Waals surface area contributed by atoms with Gasteiger partial charge in [0.05, 0.1) is 6.10 Å². The third kappa shape index (κ3) is 2.42. The average molecular weight is 186 g/mol. The van der Waals surface area contributed by atoms with Crippen LogP contribution in [-0.2, 0) is 0 Å². The van der Waals surface area contributed by atoms with Crippen molar-refractivity contribution in [3.63, 3.8) is 0 Å². The zero-order valence-corrected chi connectivity index (χ0v) is 8.79. The largest absolute Gasteiger partial charge is 0.392 e. The highest BCUT2D eigenvalue weighted by molar-refractivity contribution is 4.94. The highest BCUT2D eigenvalue weighted by Crippen LogP contribution is 2.33. The van der Waals surface area contributed by atoms with E-state index in [-0.39, 0.29) is 11.6 Å². The molecular formula is C10H22N2O. The Morgan fingerprint density at radius 2 is 2.00 bits per heavy atom. The molecule has 0 aromatic carbocycles. The molecule has 1 rings (SSSR count). The quantitative estimate of drug-likeness (QED) is 0.675. The topological polar surface area (TPSA) is 49.5 Å². The predicted octanol–water partition coefficient (Wildman–Crippen LogP) is 0.570. The molecule has 78 valence electrons.